The van der Waals surface area contributed by atoms with Crippen LogP contribution in [0.3, 0.4) is 0 Å². The summed E-state index contributed by atoms with van der Waals surface area (Å²) in [6.07, 6.45) is 3.35. The van der Waals surface area contributed by atoms with Gasteiger partial charge in [-0.1, -0.05) is 22.8 Å². The highest BCUT2D eigenvalue weighted by atomic mass is 35.5. The van der Waals surface area contributed by atoms with Crippen molar-refractivity contribution in [2.24, 2.45) is 0 Å². The molecule has 8 nitrogen and oxygen atoms in total. The van der Waals surface area contributed by atoms with Crippen LogP contribution >= 0.6 is 11.6 Å². The lowest BCUT2D eigenvalue weighted by molar-refractivity contribution is 0.429. The number of nitrogens with zero attached hydrogens (tertiary/aromatic N) is 3. The van der Waals surface area contributed by atoms with Gasteiger partial charge in [0.25, 0.3) is 10.0 Å². The Morgan fingerprint density at radius 3 is 2.61 bits per heavy atom. The summed E-state index contributed by atoms with van der Waals surface area (Å²) in [6.45, 7) is 3.19. The van der Waals surface area contributed by atoms with E-state index in [1.54, 1.807) is 54.9 Å². The Labute approximate surface area is 209 Å². The van der Waals surface area contributed by atoms with Gasteiger partial charge in [-0.25, -0.2) is 26.9 Å². The molecule has 5 rings (SSSR count). The molecule has 3 aromatic heterocycles. The third kappa shape index (κ3) is 4.27. The molecule has 0 atom stereocenters. The Balaban J connectivity index is 1.52. The van der Waals surface area contributed by atoms with Gasteiger partial charge in [-0.3, -0.25) is 4.40 Å². The number of anilines is 1. The number of pyridine rings is 1. The van der Waals surface area contributed by atoms with Crippen molar-refractivity contribution in [2.75, 3.05) is 4.72 Å². The molecule has 0 aliphatic carbocycles. The molecule has 2 aromatic carbocycles. The van der Waals surface area contributed by atoms with Crippen molar-refractivity contribution in [3.8, 4) is 22.8 Å². The first-order chi connectivity index (χ1) is 17.1. The lowest BCUT2D eigenvalue weighted by Crippen LogP contribution is -2.15. The quantitative estimate of drug-likeness (QED) is 0.283. The zero-order valence-electron chi connectivity index (χ0n) is 18.8. The number of aryl methyl sites for hydroxylation is 1. The average Bonchev–Trinajstić information content (AvgIpc) is 3.44. The second kappa shape index (κ2) is 8.92. The van der Waals surface area contributed by atoms with Gasteiger partial charge >= 0.3 is 0 Å². The topological polar surface area (TPSA) is 98.7 Å². The lowest BCUT2D eigenvalue weighted by Gasteiger charge is -2.15. The van der Waals surface area contributed by atoms with Crippen LogP contribution in [0.25, 0.3) is 16.9 Å². The summed E-state index contributed by atoms with van der Waals surface area (Å²) in [6, 6.07) is 11.2. The largest absolute Gasteiger partial charge is 0.453 e. The molecular weight excluding hydrogens is 514 g/mol. The summed E-state index contributed by atoms with van der Waals surface area (Å²) >= 11 is 6.20. The highest BCUT2D eigenvalue weighted by Gasteiger charge is 2.26. The van der Waals surface area contributed by atoms with Crippen LogP contribution in [0.2, 0.25) is 5.02 Å². The fourth-order valence-electron chi connectivity index (χ4n) is 3.56. The molecule has 0 aliphatic heterocycles. The fourth-order valence-corrected chi connectivity index (χ4v) is 4.85. The van der Waals surface area contributed by atoms with Gasteiger partial charge in [0.1, 0.15) is 22.1 Å². The fraction of sp³-hybridized carbons (Fsp3) is 0.0833. The number of benzene rings is 2. The molecule has 12 heteroatoms. The van der Waals surface area contributed by atoms with Crippen LogP contribution in [-0.4, -0.2) is 23.0 Å². The Hall–Kier alpha value is -3.96. The van der Waals surface area contributed by atoms with Crippen molar-refractivity contribution < 1.29 is 26.5 Å². The first-order valence-electron chi connectivity index (χ1n) is 10.5. The number of sulfonamides is 1. The van der Waals surface area contributed by atoms with Gasteiger partial charge in [-0.05, 0) is 44.2 Å². The van der Waals surface area contributed by atoms with Crippen LogP contribution in [-0.2, 0) is 10.0 Å². The maximum Gasteiger partial charge on any atom is 0.267 e. The van der Waals surface area contributed by atoms with Gasteiger partial charge in [0.15, 0.2) is 11.6 Å². The van der Waals surface area contributed by atoms with Crippen LogP contribution in [0, 0.1) is 25.5 Å². The van der Waals surface area contributed by atoms with Crippen LogP contribution in [0.4, 0.5) is 14.7 Å². The molecule has 0 fully saturated rings. The second-order valence-corrected chi connectivity index (χ2v) is 9.94. The number of aromatic nitrogens is 3. The highest BCUT2D eigenvalue weighted by Crippen LogP contribution is 2.37. The molecular formula is C24H17ClF2N4O4S. The van der Waals surface area contributed by atoms with E-state index in [4.69, 9.17) is 20.9 Å². The summed E-state index contributed by atoms with van der Waals surface area (Å²) in [5.41, 5.74) is 2.66. The van der Waals surface area contributed by atoms with E-state index in [-0.39, 0.29) is 11.6 Å². The molecule has 0 radical (unpaired) electrons. The zero-order valence-corrected chi connectivity index (χ0v) is 20.4. The summed E-state index contributed by atoms with van der Waals surface area (Å²) < 4.78 is 69.9. The Kier molecular flexibility index (Phi) is 5.89. The second-order valence-electron chi connectivity index (χ2n) is 7.85. The lowest BCUT2D eigenvalue weighted by atomic mass is 10.1. The van der Waals surface area contributed by atoms with Gasteiger partial charge in [0.05, 0.1) is 11.4 Å². The maximum atomic E-state index is 15.0. The van der Waals surface area contributed by atoms with Crippen molar-refractivity contribution in [1.29, 1.82) is 0 Å². The molecule has 36 heavy (non-hydrogen) atoms. The molecule has 0 amide bonds. The van der Waals surface area contributed by atoms with E-state index in [1.165, 1.54) is 12.1 Å². The van der Waals surface area contributed by atoms with Gasteiger partial charge in [-0.15, -0.1) is 0 Å². The van der Waals surface area contributed by atoms with E-state index in [0.29, 0.717) is 45.3 Å². The molecule has 0 bridgehead atoms. The summed E-state index contributed by atoms with van der Waals surface area (Å²) in [4.78, 5) is 3.33. The summed E-state index contributed by atoms with van der Waals surface area (Å²) in [7, 11) is -4.52. The van der Waals surface area contributed by atoms with Crippen LogP contribution in [0.15, 0.2) is 70.3 Å². The van der Waals surface area contributed by atoms with Gasteiger partial charge < -0.3 is 9.26 Å². The summed E-state index contributed by atoms with van der Waals surface area (Å²) in [5.74, 6) is -2.85. The first-order valence-corrected chi connectivity index (χ1v) is 12.3. The highest BCUT2D eigenvalue weighted by molar-refractivity contribution is 7.92. The molecule has 0 saturated heterocycles. The number of nitrogens with one attached hydrogen (secondary N) is 1. The summed E-state index contributed by atoms with van der Waals surface area (Å²) in [5, 5.41) is 4.04. The van der Waals surface area contributed by atoms with Gasteiger partial charge in [0, 0.05) is 40.7 Å². The minimum atomic E-state index is -4.52. The third-order valence-electron chi connectivity index (χ3n) is 5.53. The maximum absolute atomic E-state index is 15.0. The van der Waals surface area contributed by atoms with Gasteiger partial charge in [-0.2, -0.15) is 0 Å². The van der Waals surface area contributed by atoms with Crippen LogP contribution in [0.1, 0.15) is 11.3 Å². The number of fused-ring (bicyclic) bond motifs is 1. The SMILES string of the molecule is Cc1noc(NS(=O)(=O)c2cc(F)c(Oc3ccc(Cl)cc3-c3cccc4nccn34)cc2F)c1C. The third-order valence-corrected chi connectivity index (χ3v) is 7.11. The molecule has 184 valence electrons. The normalized spacial score (nSPS) is 11.7. The van der Waals surface area contributed by atoms with E-state index in [2.05, 4.69) is 14.9 Å². The minimum absolute atomic E-state index is 0.167. The van der Waals surface area contributed by atoms with Crippen molar-refractivity contribution in [1.82, 2.24) is 14.5 Å². The van der Waals surface area contributed by atoms with E-state index in [0.717, 1.165) is 0 Å². The number of halogens is 3. The van der Waals surface area contributed by atoms with E-state index in [1.807, 2.05) is 0 Å². The number of hydrogen-bond acceptors (Lipinski definition) is 6. The monoisotopic (exact) mass is 530 g/mol. The van der Waals surface area contributed by atoms with Gasteiger partial charge in [0.2, 0.25) is 5.88 Å². The molecule has 0 aliphatic rings. The Bertz CT molecular complexity index is 1730. The Morgan fingerprint density at radius 2 is 1.86 bits per heavy atom. The van der Waals surface area contributed by atoms with Crippen molar-refractivity contribution in [2.45, 2.75) is 18.7 Å². The predicted molar refractivity (Wildman–Crippen MR) is 129 cm³/mol. The number of rotatable bonds is 6. The molecule has 0 unspecified atom stereocenters. The standard InChI is InChI=1S/C24H17ClF2N4O4S/c1-13-14(2)29-35-24(13)30-36(32,33)22-12-17(26)21(11-18(22)27)34-20-7-6-15(25)10-16(20)19-4-3-5-23-28-8-9-31(19)23/h3-12,30H,1-2H3. The number of ether oxygens (including phenoxy) is 1. The zero-order chi connectivity index (χ0) is 25.6. The van der Waals surface area contributed by atoms with Crippen LogP contribution < -0.4 is 9.46 Å². The van der Waals surface area contributed by atoms with Crippen molar-refractivity contribution >= 4 is 33.2 Å². The predicted octanol–water partition coefficient (Wildman–Crippen LogP) is 6.13. The molecule has 1 N–H and O–H groups in total. The van der Waals surface area contributed by atoms with E-state index < -0.39 is 32.3 Å². The number of imidazole rings is 1. The molecule has 3 heterocycles. The van der Waals surface area contributed by atoms with Crippen molar-refractivity contribution in [3.63, 3.8) is 0 Å². The molecule has 0 spiro atoms. The van der Waals surface area contributed by atoms with Crippen LogP contribution in [0.5, 0.6) is 11.5 Å². The minimum Gasteiger partial charge on any atom is -0.453 e. The number of hydrogen-bond donors (Lipinski definition) is 1. The average molecular weight is 531 g/mol. The molecule has 0 saturated carbocycles. The smallest absolute Gasteiger partial charge is 0.267 e. The first kappa shape index (κ1) is 23.8. The Morgan fingerprint density at radius 1 is 1.06 bits per heavy atom. The molecule has 5 aromatic rings. The van der Waals surface area contributed by atoms with Crippen molar-refractivity contribution in [3.05, 3.63) is 88.8 Å². The van der Waals surface area contributed by atoms with E-state index in [9.17, 15) is 12.8 Å². The van der Waals surface area contributed by atoms with E-state index >= 15 is 4.39 Å².